The minimum Gasteiger partial charge on any atom is -0.320 e. The molecule has 1 aromatic carbocycles. The number of aromatic nitrogens is 1. The molecule has 2 aromatic rings. The van der Waals surface area contributed by atoms with Crippen LogP contribution in [0.4, 0.5) is 5.69 Å². The van der Waals surface area contributed by atoms with Crippen molar-refractivity contribution < 1.29 is 4.79 Å². The molecule has 19 heavy (non-hydrogen) atoms. The van der Waals surface area contributed by atoms with E-state index in [2.05, 4.69) is 26.2 Å². The van der Waals surface area contributed by atoms with Crippen molar-refractivity contribution >= 4 is 50.7 Å². The van der Waals surface area contributed by atoms with Gasteiger partial charge in [0.15, 0.2) is 0 Å². The quantitative estimate of drug-likeness (QED) is 0.789. The zero-order valence-corrected chi connectivity index (χ0v) is 13.0. The third-order valence-corrected chi connectivity index (χ3v) is 3.56. The Bertz CT molecular complexity index is 626. The highest BCUT2D eigenvalue weighted by atomic mass is 79.9. The van der Waals surface area contributed by atoms with E-state index in [0.29, 0.717) is 26.0 Å². The average Bonchev–Trinajstić information content (AvgIpc) is 2.32. The second-order valence-electron chi connectivity index (χ2n) is 3.82. The average molecular weight is 360 g/mol. The first-order chi connectivity index (χ1) is 8.99. The number of nitrogens with zero attached hydrogens (tertiary/aromatic N) is 1. The Labute approximate surface area is 129 Å². The molecule has 0 bridgehead atoms. The number of carbonyl (C=O) groups is 1. The van der Waals surface area contributed by atoms with Gasteiger partial charge in [0.05, 0.1) is 27.0 Å². The normalized spacial score (nSPS) is 10.3. The maximum atomic E-state index is 12.2. The molecule has 2 rings (SSSR count). The summed E-state index contributed by atoms with van der Waals surface area (Å²) in [6, 6.07) is 8.43. The SMILES string of the molecule is Cc1nc(Br)ccc1NC(=O)c1c(Cl)cccc1Cl. The van der Waals surface area contributed by atoms with E-state index in [4.69, 9.17) is 23.2 Å². The zero-order chi connectivity index (χ0) is 14.0. The molecule has 0 saturated heterocycles. The fourth-order valence-corrected chi connectivity index (χ4v) is 2.53. The molecule has 1 heterocycles. The molecular formula is C13H9BrCl2N2O. The van der Waals surface area contributed by atoms with E-state index in [9.17, 15) is 4.79 Å². The highest BCUT2D eigenvalue weighted by molar-refractivity contribution is 9.10. The number of anilines is 1. The number of nitrogens with one attached hydrogen (secondary N) is 1. The number of halogens is 3. The summed E-state index contributed by atoms with van der Waals surface area (Å²) in [5.41, 5.74) is 1.57. The Morgan fingerprint density at radius 3 is 2.42 bits per heavy atom. The minimum atomic E-state index is -0.358. The van der Waals surface area contributed by atoms with Crippen LogP contribution in [0.5, 0.6) is 0 Å². The Morgan fingerprint density at radius 2 is 1.84 bits per heavy atom. The highest BCUT2D eigenvalue weighted by Crippen LogP contribution is 2.26. The maximum Gasteiger partial charge on any atom is 0.258 e. The summed E-state index contributed by atoms with van der Waals surface area (Å²) in [6.45, 7) is 1.80. The van der Waals surface area contributed by atoms with Gasteiger partial charge >= 0.3 is 0 Å². The van der Waals surface area contributed by atoms with Crippen molar-refractivity contribution in [3.8, 4) is 0 Å². The van der Waals surface area contributed by atoms with Gasteiger partial charge in [-0.2, -0.15) is 0 Å². The molecule has 0 aliphatic heterocycles. The molecule has 98 valence electrons. The molecular weight excluding hydrogens is 351 g/mol. The molecule has 0 aliphatic carbocycles. The Hall–Kier alpha value is -1.10. The number of hydrogen-bond acceptors (Lipinski definition) is 2. The Balaban J connectivity index is 2.31. The van der Waals surface area contributed by atoms with Crippen LogP contribution in [0.1, 0.15) is 16.1 Å². The van der Waals surface area contributed by atoms with Crippen LogP contribution in [0, 0.1) is 6.92 Å². The Kier molecular flexibility index (Phi) is 4.45. The molecule has 0 unspecified atom stereocenters. The molecule has 1 amide bonds. The van der Waals surface area contributed by atoms with Gasteiger partial charge in [0, 0.05) is 0 Å². The fourth-order valence-electron chi connectivity index (χ4n) is 1.56. The number of aryl methyl sites for hydroxylation is 1. The molecule has 6 heteroatoms. The topological polar surface area (TPSA) is 42.0 Å². The van der Waals surface area contributed by atoms with E-state index in [0.717, 1.165) is 0 Å². The molecule has 0 radical (unpaired) electrons. The van der Waals surface area contributed by atoms with Gasteiger partial charge in [0.1, 0.15) is 4.60 Å². The Morgan fingerprint density at radius 1 is 1.21 bits per heavy atom. The summed E-state index contributed by atoms with van der Waals surface area (Å²) in [6.07, 6.45) is 0. The largest absolute Gasteiger partial charge is 0.320 e. The predicted molar refractivity (Wildman–Crippen MR) is 81.1 cm³/mol. The molecule has 1 N–H and O–H groups in total. The van der Waals surface area contributed by atoms with Gasteiger partial charge in [-0.25, -0.2) is 4.98 Å². The smallest absolute Gasteiger partial charge is 0.258 e. The number of carbonyl (C=O) groups excluding carboxylic acids is 1. The third kappa shape index (κ3) is 3.26. The molecule has 0 saturated carbocycles. The second kappa shape index (κ2) is 5.90. The lowest BCUT2D eigenvalue weighted by Crippen LogP contribution is -2.14. The number of rotatable bonds is 2. The second-order valence-corrected chi connectivity index (χ2v) is 5.44. The van der Waals surface area contributed by atoms with Crippen molar-refractivity contribution in [2.75, 3.05) is 5.32 Å². The molecule has 3 nitrogen and oxygen atoms in total. The van der Waals surface area contributed by atoms with E-state index in [1.165, 1.54) is 0 Å². The lowest BCUT2D eigenvalue weighted by Gasteiger charge is -2.10. The third-order valence-electron chi connectivity index (χ3n) is 2.49. The zero-order valence-electron chi connectivity index (χ0n) is 9.88. The molecule has 0 fully saturated rings. The van der Waals surface area contributed by atoms with Crippen molar-refractivity contribution in [3.63, 3.8) is 0 Å². The van der Waals surface area contributed by atoms with Gasteiger partial charge in [0.2, 0.25) is 0 Å². The van der Waals surface area contributed by atoms with Crippen molar-refractivity contribution in [2.24, 2.45) is 0 Å². The summed E-state index contributed by atoms with van der Waals surface area (Å²) in [5.74, 6) is -0.358. The summed E-state index contributed by atoms with van der Waals surface area (Å²) in [4.78, 5) is 16.4. The van der Waals surface area contributed by atoms with Crippen LogP contribution >= 0.6 is 39.1 Å². The van der Waals surface area contributed by atoms with Crippen LogP contribution in [0.25, 0.3) is 0 Å². The number of benzene rings is 1. The predicted octanol–water partition coefficient (Wildman–Crippen LogP) is 4.71. The summed E-state index contributed by atoms with van der Waals surface area (Å²) < 4.78 is 0.707. The highest BCUT2D eigenvalue weighted by Gasteiger charge is 2.15. The number of hydrogen-bond donors (Lipinski definition) is 1. The van der Waals surface area contributed by atoms with Crippen LogP contribution in [0.2, 0.25) is 10.0 Å². The fraction of sp³-hybridized carbons (Fsp3) is 0.0769. The van der Waals surface area contributed by atoms with Crippen LogP contribution in [-0.4, -0.2) is 10.9 Å². The first kappa shape index (κ1) is 14.3. The van der Waals surface area contributed by atoms with Gasteiger partial charge in [-0.3, -0.25) is 4.79 Å². The molecule has 0 atom stereocenters. The van der Waals surface area contributed by atoms with Crippen molar-refractivity contribution in [2.45, 2.75) is 6.92 Å². The van der Waals surface area contributed by atoms with Crippen LogP contribution < -0.4 is 5.32 Å². The van der Waals surface area contributed by atoms with E-state index >= 15 is 0 Å². The van der Waals surface area contributed by atoms with Gasteiger partial charge < -0.3 is 5.32 Å². The van der Waals surface area contributed by atoms with Crippen LogP contribution in [0.15, 0.2) is 34.9 Å². The van der Waals surface area contributed by atoms with Crippen LogP contribution in [0.3, 0.4) is 0 Å². The summed E-state index contributed by atoms with van der Waals surface area (Å²) in [5, 5.41) is 3.37. The maximum absolute atomic E-state index is 12.2. The lowest BCUT2D eigenvalue weighted by molar-refractivity contribution is 0.102. The van der Waals surface area contributed by atoms with Gasteiger partial charge in [-0.1, -0.05) is 29.3 Å². The number of amides is 1. The minimum absolute atomic E-state index is 0.258. The molecule has 0 aliphatic rings. The molecule has 1 aromatic heterocycles. The monoisotopic (exact) mass is 358 g/mol. The standard InChI is InChI=1S/C13H9BrCl2N2O/c1-7-10(5-6-11(14)17-7)18-13(19)12-8(15)3-2-4-9(12)16/h2-6H,1H3,(H,18,19). The number of pyridine rings is 1. The summed E-state index contributed by atoms with van der Waals surface area (Å²) in [7, 11) is 0. The van der Waals surface area contributed by atoms with E-state index in [1.807, 2.05) is 0 Å². The van der Waals surface area contributed by atoms with Gasteiger partial charge in [-0.15, -0.1) is 0 Å². The van der Waals surface area contributed by atoms with Gasteiger partial charge in [-0.05, 0) is 47.1 Å². The first-order valence-corrected chi connectivity index (χ1v) is 6.92. The van der Waals surface area contributed by atoms with E-state index in [1.54, 1.807) is 37.3 Å². The van der Waals surface area contributed by atoms with E-state index < -0.39 is 0 Å². The summed E-state index contributed by atoms with van der Waals surface area (Å²) >= 11 is 15.2. The molecule has 0 spiro atoms. The van der Waals surface area contributed by atoms with Crippen molar-refractivity contribution in [3.05, 3.63) is 56.2 Å². The van der Waals surface area contributed by atoms with Crippen molar-refractivity contribution in [1.82, 2.24) is 4.98 Å². The lowest BCUT2D eigenvalue weighted by atomic mass is 10.2. The van der Waals surface area contributed by atoms with E-state index in [-0.39, 0.29) is 11.5 Å². The van der Waals surface area contributed by atoms with Crippen molar-refractivity contribution in [1.29, 1.82) is 0 Å². The van der Waals surface area contributed by atoms with Crippen LogP contribution in [-0.2, 0) is 0 Å². The first-order valence-electron chi connectivity index (χ1n) is 5.37. The van der Waals surface area contributed by atoms with Gasteiger partial charge in [0.25, 0.3) is 5.91 Å².